The van der Waals surface area contributed by atoms with E-state index in [4.69, 9.17) is 10.8 Å². The molecular weight excluding hydrogens is 376 g/mol. The standard InChI is InChI=1S/C25H26N2O3/c26-23(25(29)30)17-19-10-14-22(15-11-19)24(28)27-16-4-5-18-8-12-21(13-9-18)20-6-2-1-3-7-20/h1-3,6-15,23H,4-5,16-17,26H2,(H,27,28)(H,29,30). The second-order valence-electron chi connectivity index (χ2n) is 7.27. The predicted molar refractivity (Wildman–Crippen MR) is 118 cm³/mol. The van der Waals surface area contributed by atoms with Crippen molar-refractivity contribution < 1.29 is 14.7 Å². The molecule has 3 rings (SSSR count). The fourth-order valence-corrected chi connectivity index (χ4v) is 3.22. The molecule has 3 aromatic carbocycles. The Labute approximate surface area is 176 Å². The summed E-state index contributed by atoms with van der Waals surface area (Å²) in [5, 5.41) is 11.8. The van der Waals surface area contributed by atoms with Gasteiger partial charge in [0.15, 0.2) is 0 Å². The Morgan fingerprint density at radius 1 is 0.833 bits per heavy atom. The molecule has 4 N–H and O–H groups in total. The van der Waals surface area contributed by atoms with Crippen LogP contribution in [0.5, 0.6) is 0 Å². The number of carboxylic acids is 1. The monoisotopic (exact) mass is 402 g/mol. The number of aliphatic carboxylic acids is 1. The summed E-state index contributed by atoms with van der Waals surface area (Å²) in [6.07, 6.45) is 1.98. The highest BCUT2D eigenvalue weighted by Gasteiger charge is 2.12. The van der Waals surface area contributed by atoms with Crippen molar-refractivity contribution in [2.24, 2.45) is 5.73 Å². The molecule has 0 aliphatic rings. The van der Waals surface area contributed by atoms with Crippen LogP contribution in [-0.2, 0) is 17.6 Å². The van der Waals surface area contributed by atoms with Crippen molar-refractivity contribution in [2.45, 2.75) is 25.3 Å². The lowest BCUT2D eigenvalue weighted by Gasteiger charge is -2.09. The Morgan fingerprint density at radius 3 is 2.07 bits per heavy atom. The number of hydrogen-bond acceptors (Lipinski definition) is 3. The largest absolute Gasteiger partial charge is 0.480 e. The topological polar surface area (TPSA) is 92.4 Å². The molecule has 1 amide bonds. The lowest BCUT2D eigenvalue weighted by molar-refractivity contribution is -0.138. The zero-order valence-electron chi connectivity index (χ0n) is 16.8. The molecule has 0 aliphatic carbocycles. The molecule has 30 heavy (non-hydrogen) atoms. The van der Waals surface area contributed by atoms with Crippen molar-refractivity contribution in [1.29, 1.82) is 0 Å². The summed E-state index contributed by atoms with van der Waals surface area (Å²) in [4.78, 5) is 23.1. The number of carbonyl (C=O) groups is 2. The van der Waals surface area contributed by atoms with E-state index < -0.39 is 12.0 Å². The third kappa shape index (κ3) is 6.03. The molecule has 0 saturated carbocycles. The van der Waals surface area contributed by atoms with E-state index in [9.17, 15) is 9.59 Å². The summed E-state index contributed by atoms with van der Waals surface area (Å²) >= 11 is 0. The van der Waals surface area contributed by atoms with Crippen molar-refractivity contribution >= 4 is 11.9 Å². The van der Waals surface area contributed by atoms with E-state index in [1.165, 1.54) is 16.7 Å². The Bertz CT molecular complexity index is 968. The van der Waals surface area contributed by atoms with Gasteiger partial charge in [0, 0.05) is 12.1 Å². The number of amides is 1. The van der Waals surface area contributed by atoms with Gasteiger partial charge in [-0.2, -0.15) is 0 Å². The number of carbonyl (C=O) groups excluding carboxylic acids is 1. The maximum atomic E-state index is 12.3. The van der Waals surface area contributed by atoms with Crippen LogP contribution in [-0.4, -0.2) is 29.6 Å². The molecule has 0 aliphatic heterocycles. The van der Waals surface area contributed by atoms with Crippen LogP contribution in [0.3, 0.4) is 0 Å². The molecule has 0 radical (unpaired) electrons. The fourth-order valence-electron chi connectivity index (χ4n) is 3.22. The van der Waals surface area contributed by atoms with Gasteiger partial charge in [-0.05, 0) is 53.6 Å². The van der Waals surface area contributed by atoms with E-state index >= 15 is 0 Å². The number of rotatable bonds is 9. The number of benzene rings is 3. The number of nitrogens with one attached hydrogen (secondary N) is 1. The highest BCUT2D eigenvalue weighted by Crippen LogP contribution is 2.19. The first-order valence-corrected chi connectivity index (χ1v) is 10.0. The lowest BCUT2D eigenvalue weighted by atomic mass is 10.0. The summed E-state index contributed by atoms with van der Waals surface area (Å²) in [5.41, 5.74) is 10.5. The van der Waals surface area contributed by atoms with Crippen molar-refractivity contribution in [3.05, 3.63) is 95.6 Å². The molecule has 1 atom stereocenters. The quantitative estimate of drug-likeness (QED) is 0.476. The van der Waals surface area contributed by atoms with Crippen LogP contribution in [0, 0.1) is 0 Å². The molecule has 0 fully saturated rings. The summed E-state index contributed by atoms with van der Waals surface area (Å²) in [6.45, 7) is 0.588. The average molecular weight is 402 g/mol. The summed E-state index contributed by atoms with van der Waals surface area (Å²) in [6, 6.07) is 24.7. The van der Waals surface area contributed by atoms with Gasteiger partial charge < -0.3 is 16.2 Å². The lowest BCUT2D eigenvalue weighted by Crippen LogP contribution is -2.32. The molecule has 0 bridgehead atoms. The van der Waals surface area contributed by atoms with Gasteiger partial charge >= 0.3 is 5.97 Å². The minimum Gasteiger partial charge on any atom is -0.480 e. The predicted octanol–water partition coefficient (Wildman–Crippen LogP) is 3.67. The maximum Gasteiger partial charge on any atom is 0.320 e. The minimum atomic E-state index is -1.04. The zero-order valence-corrected chi connectivity index (χ0v) is 16.8. The SMILES string of the molecule is NC(Cc1ccc(C(=O)NCCCc2ccc(-c3ccccc3)cc2)cc1)C(=O)O. The van der Waals surface area contributed by atoms with Gasteiger partial charge in [0.05, 0.1) is 0 Å². The van der Waals surface area contributed by atoms with Crippen LogP contribution in [0.2, 0.25) is 0 Å². The Balaban J connectivity index is 1.43. The molecule has 3 aromatic rings. The Morgan fingerprint density at radius 2 is 1.43 bits per heavy atom. The molecular formula is C25H26N2O3. The smallest absolute Gasteiger partial charge is 0.320 e. The average Bonchev–Trinajstić information content (AvgIpc) is 2.78. The van der Waals surface area contributed by atoms with E-state index in [2.05, 4.69) is 41.7 Å². The normalized spacial score (nSPS) is 11.6. The summed E-state index contributed by atoms with van der Waals surface area (Å²) in [7, 11) is 0. The molecule has 5 nitrogen and oxygen atoms in total. The van der Waals surface area contributed by atoms with Crippen molar-refractivity contribution in [3.8, 4) is 11.1 Å². The van der Waals surface area contributed by atoms with E-state index in [1.54, 1.807) is 24.3 Å². The minimum absolute atomic E-state index is 0.136. The van der Waals surface area contributed by atoms with Gasteiger partial charge in [-0.3, -0.25) is 9.59 Å². The van der Waals surface area contributed by atoms with Crippen LogP contribution in [0.1, 0.15) is 27.9 Å². The van der Waals surface area contributed by atoms with Crippen molar-refractivity contribution in [1.82, 2.24) is 5.32 Å². The number of hydrogen-bond donors (Lipinski definition) is 3. The second-order valence-corrected chi connectivity index (χ2v) is 7.27. The first kappa shape index (κ1) is 21.3. The Hall–Kier alpha value is -3.44. The molecule has 5 heteroatoms. The van der Waals surface area contributed by atoms with Crippen molar-refractivity contribution in [3.63, 3.8) is 0 Å². The summed E-state index contributed by atoms with van der Waals surface area (Å²) < 4.78 is 0. The molecule has 1 unspecified atom stereocenters. The fraction of sp³-hybridized carbons (Fsp3) is 0.200. The van der Waals surface area contributed by atoms with Gasteiger partial charge in [-0.25, -0.2) is 0 Å². The van der Waals surface area contributed by atoms with Crippen LogP contribution in [0.25, 0.3) is 11.1 Å². The van der Waals surface area contributed by atoms with Crippen LogP contribution in [0.15, 0.2) is 78.9 Å². The first-order valence-electron chi connectivity index (χ1n) is 10.0. The van der Waals surface area contributed by atoms with E-state index in [0.29, 0.717) is 12.1 Å². The molecule has 0 spiro atoms. The molecule has 0 aromatic heterocycles. The van der Waals surface area contributed by atoms with Gasteiger partial charge in [0.25, 0.3) is 5.91 Å². The highest BCUT2D eigenvalue weighted by atomic mass is 16.4. The van der Waals surface area contributed by atoms with Gasteiger partial charge in [-0.1, -0.05) is 66.7 Å². The number of nitrogens with two attached hydrogens (primary N) is 1. The summed E-state index contributed by atoms with van der Waals surface area (Å²) in [5.74, 6) is -1.17. The van der Waals surface area contributed by atoms with Crippen LogP contribution < -0.4 is 11.1 Å². The van der Waals surface area contributed by atoms with Gasteiger partial charge in [0.1, 0.15) is 6.04 Å². The number of carboxylic acid groups (broad SMARTS) is 1. The first-order chi connectivity index (χ1) is 14.5. The van der Waals surface area contributed by atoms with Crippen LogP contribution in [0.4, 0.5) is 0 Å². The van der Waals surface area contributed by atoms with Crippen LogP contribution >= 0.6 is 0 Å². The van der Waals surface area contributed by atoms with Gasteiger partial charge in [0.2, 0.25) is 0 Å². The molecule has 0 heterocycles. The van der Waals surface area contributed by atoms with Gasteiger partial charge in [-0.15, -0.1) is 0 Å². The Kier molecular flexibility index (Phi) is 7.35. The molecule has 0 saturated heterocycles. The third-order valence-corrected chi connectivity index (χ3v) is 4.98. The van der Waals surface area contributed by atoms with Crippen molar-refractivity contribution in [2.75, 3.05) is 6.54 Å². The maximum absolute atomic E-state index is 12.3. The van der Waals surface area contributed by atoms with E-state index in [1.807, 2.05) is 18.2 Å². The van der Waals surface area contributed by atoms with E-state index in [0.717, 1.165) is 18.4 Å². The third-order valence-electron chi connectivity index (χ3n) is 4.98. The second kappa shape index (κ2) is 10.4. The van der Waals surface area contributed by atoms with E-state index in [-0.39, 0.29) is 12.3 Å². The highest BCUT2D eigenvalue weighted by molar-refractivity contribution is 5.94. The number of aryl methyl sites for hydroxylation is 1. The zero-order chi connectivity index (χ0) is 21.3. The molecule has 154 valence electrons.